The van der Waals surface area contributed by atoms with E-state index in [4.69, 9.17) is 9.47 Å². The first-order valence-electron chi connectivity index (χ1n) is 8.41. The molecule has 3 rings (SSSR count). The molecule has 6 nitrogen and oxygen atoms in total. The highest BCUT2D eigenvalue weighted by Crippen LogP contribution is 2.22. The van der Waals surface area contributed by atoms with Crippen molar-refractivity contribution in [3.8, 4) is 11.8 Å². The van der Waals surface area contributed by atoms with E-state index in [0.717, 1.165) is 25.3 Å². The van der Waals surface area contributed by atoms with Gasteiger partial charge in [-0.15, -0.1) is 0 Å². The Bertz CT molecular complexity index is 742. The van der Waals surface area contributed by atoms with Crippen molar-refractivity contribution >= 4 is 11.6 Å². The van der Waals surface area contributed by atoms with E-state index in [9.17, 15) is 4.79 Å². The minimum atomic E-state index is -0.259. The number of pyridine rings is 1. The number of nitrogens with one attached hydrogen (secondary N) is 1. The standard InChI is InChI=1S/C19H23N3O3/c1-24-17-9-8-16(19(21-17)25-2)18(23)20-15-7-5-6-14(12-15)13-22-10-3-4-11-22/h5-9,12H,3-4,10-11,13H2,1-2H3,(H,20,23). The van der Waals surface area contributed by atoms with Crippen molar-refractivity contribution in [3.05, 3.63) is 47.5 Å². The quantitative estimate of drug-likeness (QED) is 0.875. The zero-order valence-corrected chi connectivity index (χ0v) is 14.6. The molecule has 0 aliphatic carbocycles. The molecule has 6 heteroatoms. The summed E-state index contributed by atoms with van der Waals surface area (Å²) in [5.41, 5.74) is 2.33. The largest absolute Gasteiger partial charge is 0.481 e. The van der Waals surface area contributed by atoms with Crippen molar-refractivity contribution < 1.29 is 14.3 Å². The summed E-state index contributed by atoms with van der Waals surface area (Å²) >= 11 is 0. The SMILES string of the molecule is COc1ccc(C(=O)Nc2cccc(CN3CCCC3)c2)c(OC)n1. The van der Waals surface area contributed by atoms with Crippen molar-refractivity contribution in [2.75, 3.05) is 32.6 Å². The summed E-state index contributed by atoms with van der Waals surface area (Å²) in [4.78, 5) is 19.1. The molecule has 0 saturated carbocycles. The van der Waals surface area contributed by atoms with Crippen LogP contribution in [0.3, 0.4) is 0 Å². The van der Waals surface area contributed by atoms with E-state index in [1.165, 1.54) is 32.6 Å². The number of carbonyl (C=O) groups excluding carboxylic acids is 1. The molecule has 1 aromatic heterocycles. The molecule has 1 amide bonds. The molecule has 0 atom stereocenters. The summed E-state index contributed by atoms with van der Waals surface area (Å²) in [5, 5.41) is 2.92. The fourth-order valence-electron chi connectivity index (χ4n) is 3.01. The van der Waals surface area contributed by atoms with E-state index in [1.807, 2.05) is 18.2 Å². The van der Waals surface area contributed by atoms with Gasteiger partial charge in [-0.05, 0) is 49.7 Å². The van der Waals surface area contributed by atoms with Crippen LogP contribution in [0.1, 0.15) is 28.8 Å². The molecule has 1 aliphatic heterocycles. The minimum Gasteiger partial charge on any atom is -0.481 e. The van der Waals surface area contributed by atoms with Crippen LogP contribution in [0.2, 0.25) is 0 Å². The van der Waals surface area contributed by atoms with Crippen LogP contribution >= 0.6 is 0 Å². The van der Waals surface area contributed by atoms with Crippen molar-refractivity contribution in [1.29, 1.82) is 0 Å². The highest BCUT2D eigenvalue weighted by atomic mass is 16.5. The normalized spacial score (nSPS) is 14.3. The Morgan fingerprint density at radius 2 is 1.96 bits per heavy atom. The van der Waals surface area contributed by atoms with E-state index >= 15 is 0 Å². The summed E-state index contributed by atoms with van der Waals surface area (Å²) in [5.74, 6) is 0.386. The van der Waals surface area contributed by atoms with Crippen molar-refractivity contribution in [1.82, 2.24) is 9.88 Å². The highest BCUT2D eigenvalue weighted by molar-refractivity contribution is 6.05. The Labute approximate surface area is 147 Å². The van der Waals surface area contributed by atoms with E-state index < -0.39 is 0 Å². The first kappa shape index (κ1) is 17.2. The smallest absolute Gasteiger partial charge is 0.261 e. The highest BCUT2D eigenvalue weighted by Gasteiger charge is 2.16. The maximum atomic E-state index is 12.6. The molecule has 0 unspecified atom stereocenters. The number of hydrogen-bond acceptors (Lipinski definition) is 5. The van der Waals surface area contributed by atoms with Gasteiger partial charge in [0.1, 0.15) is 5.56 Å². The number of methoxy groups -OCH3 is 2. The number of likely N-dealkylation sites (tertiary alicyclic amines) is 1. The zero-order chi connectivity index (χ0) is 17.6. The fourth-order valence-corrected chi connectivity index (χ4v) is 3.01. The Morgan fingerprint density at radius 1 is 1.16 bits per heavy atom. The van der Waals surface area contributed by atoms with Crippen LogP contribution in [0.15, 0.2) is 36.4 Å². The number of aromatic nitrogens is 1. The Morgan fingerprint density at radius 3 is 2.68 bits per heavy atom. The first-order chi connectivity index (χ1) is 12.2. The van der Waals surface area contributed by atoms with Gasteiger partial charge < -0.3 is 14.8 Å². The molecule has 1 aliphatic rings. The Kier molecular flexibility index (Phi) is 5.50. The van der Waals surface area contributed by atoms with Gasteiger partial charge in [-0.25, -0.2) is 0 Å². The van der Waals surface area contributed by atoms with Crippen LogP contribution in [0.4, 0.5) is 5.69 Å². The first-order valence-corrected chi connectivity index (χ1v) is 8.41. The average molecular weight is 341 g/mol. The monoisotopic (exact) mass is 341 g/mol. The Balaban J connectivity index is 1.72. The molecular formula is C19H23N3O3. The number of benzene rings is 1. The second-order valence-corrected chi connectivity index (χ2v) is 6.05. The van der Waals surface area contributed by atoms with Crippen molar-refractivity contribution in [2.24, 2.45) is 0 Å². The molecule has 1 aromatic carbocycles. The molecule has 1 N–H and O–H groups in total. The minimum absolute atomic E-state index is 0.241. The number of nitrogens with zero attached hydrogens (tertiary/aromatic N) is 2. The van der Waals surface area contributed by atoms with E-state index in [1.54, 1.807) is 12.1 Å². The van der Waals surface area contributed by atoms with Gasteiger partial charge in [0.05, 0.1) is 14.2 Å². The van der Waals surface area contributed by atoms with Gasteiger partial charge in [0.15, 0.2) is 0 Å². The number of carbonyl (C=O) groups is 1. The maximum absolute atomic E-state index is 12.6. The van der Waals surface area contributed by atoms with Gasteiger partial charge in [0.25, 0.3) is 5.91 Å². The predicted octanol–water partition coefficient (Wildman–Crippen LogP) is 2.95. The summed E-state index contributed by atoms with van der Waals surface area (Å²) in [6, 6.07) is 11.2. The van der Waals surface area contributed by atoms with E-state index in [2.05, 4.69) is 21.3 Å². The molecule has 1 saturated heterocycles. The average Bonchev–Trinajstić information content (AvgIpc) is 3.14. The second-order valence-electron chi connectivity index (χ2n) is 6.05. The van der Waals surface area contributed by atoms with Gasteiger partial charge in [0.2, 0.25) is 11.8 Å². The fraction of sp³-hybridized carbons (Fsp3) is 0.368. The van der Waals surface area contributed by atoms with Crippen LogP contribution in [0.5, 0.6) is 11.8 Å². The van der Waals surface area contributed by atoms with Crippen LogP contribution in [-0.4, -0.2) is 43.1 Å². The topological polar surface area (TPSA) is 63.7 Å². The third-order valence-corrected chi connectivity index (χ3v) is 4.27. The number of rotatable bonds is 6. The van der Waals surface area contributed by atoms with Crippen molar-refractivity contribution in [3.63, 3.8) is 0 Å². The van der Waals surface area contributed by atoms with Crippen LogP contribution < -0.4 is 14.8 Å². The molecular weight excluding hydrogens is 318 g/mol. The molecule has 132 valence electrons. The summed E-state index contributed by atoms with van der Waals surface area (Å²) in [7, 11) is 3.00. The van der Waals surface area contributed by atoms with Crippen LogP contribution in [-0.2, 0) is 6.54 Å². The van der Waals surface area contributed by atoms with Gasteiger partial charge in [0, 0.05) is 18.3 Å². The van der Waals surface area contributed by atoms with E-state index in [0.29, 0.717) is 11.4 Å². The lowest BCUT2D eigenvalue weighted by molar-refractivity contribution is 0.102. The Hall–Kier alpha value is -2.60. The summed E-state index contributed by atoms with van der Waals surface area (Å²) in [6.45, 7) is 3.20. The number of amides is 1. The molecule has 0 bridgehead atoms. The molecule has 2 aromatic rings. The third-order valence-electron chi connectivity index (χ3n) is 4.27. The van der Waals surface area contributed by atoms with E-state index in [-0.39, 0.29) is 11.8 Å². The molecule has 2 heterocycles. The second kappa shape index (κ2) is 7.98. The lowest BCUT2D eigenvalue weighted by Crippen LogP contribution is -2.18. The van der Waals surface area contributed by atoms with Gasteiger partial charge in [-0.1, -0.05) is 12.1 Å². The lowest BCUT2D eigenvalue weighted by atomic mass is 10.1. The van der Waals surface area contributed by atoms with Gasteiger partial charge in [-0.3, -0.25) is 9.69 Å². The number of ether oxygens (including phenoxy) is 2. The summed E-state index contributed by atoms with van der Waals surface area (Å²) in [6.07, 6.45) is 2.53. The number of hydrogen-bond donors (Lipinski definition) is 1. The van der Waals surface area contributed by atoms with Crippen molar-refractivity contribution in [2.45, 2.75) is 19.4 Å². The molecule has 1 fully saturated rings. The zero-order valence-electron chi connectivity index (χ0n) is 14.6. The molecule has 25 heavy (non-hydrogen) atoms. The van der Waals surface area contributed by atoms with Gasteiger partial charge >= 0.3 is 0 Å². The number of anilines is 1. The lowest BCUT2D eigenvalue weighted by Gasteiger charge is -2.15. The van der Waals surface area contributed by atoms with Crippen LogP contribution in [0.25, 0.3) is 0 Å². The van der Waals surface area contributed by atoms with Gasteiger partial charge in [-0.2, -0.15) is 4.98 Å². The third kappa shape index (κ3) is 4.28. The molecule has 0 radical (unpaired) electrons. The van der Waals surface area contributed by atoms with Crippen LogP contribution in [0, 0.1) is 0 Å². The maximum Gasteiger partial charge on any atom is 0.261 e. The molecule has 0 spiro atoms. The summed E-state index contributed by atoms with van der Waals surface area (Å²) < 4.78 is 10.3. The predicted molar refractivity (Wildman–Crippen MR) is 96.2 cm³/mol.